The number of nitrogens with one attached hydrogen (secondary N) is 1. The van der Waals surface area contributed by atoms with E-state index in [9.17, 15) is 4.79 Å². The van der Waals surface area contributed by atoms with E-state index < -0.39 is 0 Å². The molecule has 2 heterocycles. The maximum Gasteiger partial charge on any atom is 0.226 e. The molecule has 0 spiro atoms. The molecule has 6 heteroatoms. The zero-order valence-corrected chi connectivity index (χ0v) is 17.6. The van der Waals surface area contributed by atoms with Gasteiger partial charge in [-0.2, -0.15) is 0 Å². The highest BCUT2D eigenvalue weighted by Gasteiger charge is 2.20. The van der Waals surface area contributed by atoms with Gasteiger partial charge in [0.25, 0.3) is 0 Å². The molecule has 0 unspecified atom stereocenters. The van der Waals surface area contributed by atoms with Crippen molar-refractivity contribution in [1.29, 1.82) is 0 Å². The summed E-state index contributed by atoms with van der Waals surface area (Å²) >= 11 is 1.56. The Morgan fingerprint density at radius 3 is 2.52 bits per heavy atom. The number of hydrogen-bond acceptors (Lipinski definition) is 4. The maximum atomic E-state index is 12.7. The minimum atomic E-state index is -0.190. The average molecular weight is 405 g/mol. The van der Waals surface area contributed by atoms with Gasteiger partial charge in [-0.1, -0.05) is 42.5 Å². The lowest BCUT2D eigenvalue weighted by atomic mass is 10.2. The smallest absolute Gasteiger partial charge is 0.226 e. The number of carbonyl (C=O) groups excluding carboxylic acids is 1. The second-order valence-electron chi connectivity index (χ2n) is 7.40. The first kappa shape index (κ1) is 19.3. The maximum absolute atomic E-state index is 12.7. The topological polar surface area (TPSA) is 59.8 Å². The van der Waals surface area contributed by atoms with Crippen LogP contribution in [0.4, 0.5) is 0 Å². The molecule has 0 aliphatic carbocycles. The SMILES string of the molecule is CC(C)n1c([C@H](C)NC(=O)Cc2csc(-c3ccccc3)n2)nc2ccccc21. The quantitative estimate of drug-likeness (QED) is 0.483. The van der Waals surface area contributed by atoms with Crippen LogP contribution < -0.4 is 5.32 Å². The van der Waals surface area contributed by atoms with E-state index in [1.807, 2.05) is 60.8 Å². The number of aromatic nitrogens is 3. The Hall–Kier alpha value is -2.99. The van der Waals surface area contributed by atoms with Crippen molar-refractivity contribution in [1.82, 2.24) is 19.9 Å². The van der Waals surface area contributed by atoms with Gasteiger partial charge in [0.15, 0.2) is 0 Å². The highest BCUT2D eigenvalue weighted by Crippen LogP contribution is 2.26. The fraction of sp³-hybridized carbons (Fsp3) is 0.261. The number of hydrogen-bond donors (Lipinski definition) is 1. The van der Waals surface area contributed by atoms with Crippen molar-refractivity contribution in [2.24, 2.45) is 0 Å². The van der Waals surface area contributed by atoms with Crippen LogP contribution in [0.5, 0.6) is 0 Å². The first-order valence-corrected chi connectivity index (χ1v) is 10.7. The van der Waals surface area contributed by atoms with Gasteiger partial charge in [0.05, 0.1) is 29.2 Å². The number of nitrogens with zero attached hydrogens (tertiary/aromatic N) is 3. The Balaban J connectivity index is 1.49. The fourth-order valence-corrected chi connectivity index (χ4v) is 4.36. The van der Waals surface area contributed by atoms with E-state index in [1.54, 1.807) is 11.3 Å². The van der Waals surface area contributed by atoms with E-state index in [1.165, 1.54) is 0 Å². The van der Waals surface area contributed by atoms with Crippen molar-refractivity contribution in [3.63, 3.8) is 0 Å². The molecule has 1 atom stereocenters. The molecule has 0 radical (unpaired) electrons. The Kier molecular flexibility index (Phi) is 5.45. The summed E-state index contributed by atoms with van der Waals surface area (Å²) in [5.74, 6) is 0.822. The summed E-state index contributed by atoms with van der Waals surface area (Å²) in [5, 5.41) is 5.98. The zero-order chi connectivity index (χ0) is 20.4. The van der Waals surface area contributed by atoms with Crippen LogP contribution in [0.15, 0.2) is 60.0 Å². The summed E-state index contributed by atoms with van der Waals surface area (Å²) in [7, 11) is 0. The number of para-hydroxylation sites is 2. The Morgan fingerprint density at radius 1 is 1.03 bits per heavy atom. The summed E-state index contributed by atoms with van der Waals surface area (Å²) in [6, 6.07) is 18.2. The normalized spacial score (nSPS) is 12.4. The van der Waals surface area contributed by atoms with Crippen molar-refractivity contribution in [2.45, 2.75) is 39.3 Å². The van der Waals surface area contributed by atoms with Crippen LogP contribution in [0.3, 0.4) is 0 Å². The lowest BCUT2D eigenvalue weighted by Crippen LogP contribution is -2.30. The van der Waals surface area contributed by atoms with Crippen LogP contribution in [0.25, 0.3) is 21.6 Å². The second kappa shape index (κ2) is 8.17. The molecule has 2 aromatic heterocycles. The Bertz CT molecular complexity index is 1130. The van der Waals surface area contributed by atoms with Crippen LogP contribution in [0.1, 0.15) is 44.4 Å². The molecule has 0 bridgehead atoms. The summed E-state index contributed by atoms with van der Waals surface area (Å²) in [4.78, 5) is 22.0. The minimum Gasteiger partial charge on any atom is -0.346 e. The van der Waals surface area contributed by atoms with Crippen molar-refractivity contribution < 1.29 is 4.79 Å². The predicted octanol–water partition coefficient (Wildman–Crippen LogP) is 5.16. The van der Waals surface area contributed by atoms with E-state index >= 15 is 0 Å². The van der Waals surface area contributed by atoms with Gasteiger partial charge in [0, 0.05) is 17.0 Å². The first-order chi connectivity index (χ1) is 14.0. The highest BCUT2D eigenvalue weighted by atomic mass is 32.1. The number of fused-ring (bicyclic) bond motifs is 1. The molecule has 2 aromatic carbocycles. The van der Waals surface area contributed by atoms with Gasteiger partial charge < -0.3 is 9.88 Å². The third-order valence-corrected chi connectivity index (χ3v) is 5.76. The molecule has 4 aromatic rings. The van der Waals surface area contributed by atoms with Gasteiger partial charge in [-0.3, -0.25) is 4.79 Å². The van der Waals surface area contributed by atoms with Gasteiger partial charge >= 0.3 is 0 Å². The standard InChI is InChI=1S/C23H24N4OS/c1-15(2)27-20-12-8-7-11-19(20)26-22(27)16(3)24-21(28)13-18-14-29-23(25-18)17-9-5-4-6-10-17/h4-12,14-16H,13H2,1-3H3,(H,24,28)/t16-/m0/s1. The van der Waals surface area contributed by atoms with Crippen LogP contribution in [-0.2, 0) is 11.2 Å². The van der Waals surface area contributed by atoms with Gasteiger partial charge in [0.1, 0.15) is 10.8 Å². The molecule has 0 saturated carbocycles. The van der Waals surface area contributed by atoms with Gasteiger partial charge in [-0.05, 0) is 32.9 Å². The van der Waals surface area contributed by atoms with E-state index in [4.69, 9.17) is 4.98 Å². The monoisotopic (exact) mass is 404 g/mol. The van der Waals surface area contributed by atoms with E-state index in [2.05, 4.69) is 34.8 Å². The number of benzene rings is 2. The van der Waals surface area contributed by atoms with Crippen LogP contribution >= 0.6 is 11.3 Å². The zero-order valence-electron chi connectivity index (χ0n) is 16.8. The molecule has 1 N–H and O–H groups in total. The Labute approximate surface area is 174 Å². The average Bonchev–Trinajstić information content (AvgIpc) is 3.33. The third-order valence-electron chi connectivity index (χ3n) is 4.82. The minimum absolute atomic E-state index is 0.0511. The molecule has 5 nitrogen and oxygen atoms in total. The Morgan fingerprint density at radius 2 is 1.76 bits per heavy atom. The molecule has 0 saturated heterocycles. The predicted molar refractivity (Wildman–Crippen MR) is 118 cm³/mol. The summed E-state index contributed by atoms with van der Waals surface area (Å²) in [6.45, 7) is 6.24. The van der Waals surface area contributed by atoms with Crippen LogP contribution in [0, 0.1) is 0 Å². The number of carbonyl (C=O) groups is 1. The highest BCUT2D eigenvalue weighted by molar-refractivity contribution is 7.13. The molecular weight excluding hydrogens is 380 g/mol. The van der Waals surface area contributed by atoms with Crippen molar-refractivity contribution in [3.8, 4) is 10.6 Å². The van der Waals surface area contributed by atoms with E-state index in [-0.39, 0.29) is 24.4 Å². The van der Waals surface area contributed by atoms with E-state index in [0.29, 0.717) is 0 Å². The number of thiazole rings is 1. The summed E-state index contributed by atoms with van der Waals surface area (Å²) < 4.78 is 2.19. The van der Waals surface area contributed by atoms with Crippen LogP contribution in [-0.4, -0.2) is 20.4 Å². The fourth-order valence-electron chi connectivity index (χ4n) is 3.53. The molecule has 1 amide bonds. The van der Waals surface area contributed by atoms with Crippen molar-refractivity contribution in [3.05, 3.63) is 71.5 Å². The number of rotatable bonds is 6. The van der Waals surface area contributed by atoms with Gasteiger partial charge in [-0.15, -0.1) is 11.3 Å². The van der Waals surface area contributed by atoms with Crippen molar-refractivity contribution >= 4 is 28.3 Å². The van der Waals surface area contributed by atoms with E-state index in [0.717, 1.165) is 33.1 Å². The molecule has 4 rings (SSSR count). The molecular formula is C23H24N4OS. The number of imidazole rings is 1. The molecule has 0 aliphatic rings. The number of amides is 1. The second-order valence-corrected chi connectivity index (χ2v) is 8.26. The van der Waals surface area contributed by atoms with Crippen molar-refractivity contribution in [2.75, 3.05) is 0 Å². The molecule has 0 fully saturated rings. The summed E-state index contributed by atoms with van der Waals surface area (Å²) in [5.41, 5.74) is 3.90. The lowest BCUT2D eigenvalue weighted by Gasteiger charge is -2.18. The van der Waals surface area contributed by atoms with Crippen LogP contribution in [0.2, 0.25) is 0 Å². The lowest BCUT2D eigenvalue weighted by molar-refractivity contribution is -0.121. The van der Waals surface area contributed by atoms with Gasteiger partial charge in [-0.25, -0.2) is 9.97 Å². The largest absolute Gasteiger partial charge is 0.346 e. The summed E-state index contributed by atoms with van der Waals surface area (Å²) in [6.07, 6.45) is 0.260. The van der Waals surface area contributed by atoms with Gasteiger partial charge in [0.2, 0.25) is 5.91 Å². The third kappa shape index (κ3) is 4.07. The molecule has 148 valence electrons. The molecule has 0 aliphatic heterocycles. The molecule has 29 heavy (non-hydrogen) atoms. The first-order valence-electron chi connectivity index (χ1n) is 9.79.